The molecule has 2 rings (SSSR count). The van der Waals surface area contributed by atoms with Gasteiger partial charge in [0.1, 0.15) is 6.61 Å². The molecule has 0 radical (unpaired) electrons. The van der Waals surface area contributed by atoms with Gasteiger partial charge in [-0.2, -0.15) is 4.98 Å². The van der Waals surface area contributed by atoms with Crippen LogP contribution in [0.25, 0.3) is 11.5 Å². The Kier molecular flexibility index (Phi) is 3.85. The van der Waals surface area contributed by atoms with E-state index < -0.39 is 0 Å². The average Bonchev–Trinajstić information content (AvgIpc) is 2.79. The Labute approximate surface area is 99.6 Å². The third kappa shape index (κ3) is 2.89. The van der Waals surface area contributed by atoms with Gasteiger partial charge in [0.2, 0.25) is 0 Å². The molecule has 0 aliphatic heterocycles. The van der Waals surface area contributed by atoms with Crippen LogP contribution in [0.4, 0.5) is 0 Å². The molecule has 5 heteroatoms. The highest BCUT2D eigenvalue weighted by Gasteiger charge is 2.08. The predicted octanol–water partition coefficient (Wildman–Crippen LogP) is 1.38. The van der Waals surface area contributed by atoms with E-state index in [2.05, 4.69) is 10.1 Å². The van der Waals surface area contributed by atoms with Gasteiger partial charge in [-0.1, -0.05) is 17.3 Å². The average molecular weight is 233 g/mol. The first-order valence-electron chi connectivity index (χ1n) is 5.44. The highest BCUT2D eigenvalue weighted by molar-refractivity contribution is 5.54. The number of ether oxygens (including phenoxy) is 1. The molecule has 90 valence electrons. The van der Waals surface area contributed by atoms with Gasteiger partial charge in [0.15, 0.2) is 5.82 Å². The molecule has 0 bridgehead atoms. The maximum Gasteiger partial charge on any atom is 0.258 e. The fourth-order valence-corrected chi connectivity index (χ4v) is 1.59. The van der Waals surface area contributed by atoms with E-state index in [1.54, 1.807) is 7.11 Å². The van der Waals surface area contributed by atoms with Crippen molar-refractivity contribution < 1.29 is 9.26 Å². The molecule has 0 unspecified atom stereocenters. The van der Waals surface area contributed by atoms with Crippen LogP contribution in [0, 0.1) is 0 Å². The minimum atomic E-state index is 0.353. The summed E-state index contributed by atoms with van der Waals surface area (Å²) in [6.07, 6.45) is 0.840. The fourth-order valence-electron chi connectivity index (χ4n) is 1.59. The smallest absolute Gasteiger partial charge is 0.258 e. The van der Waals surface area contributed by atoms with Gasteiger partial charge in [-0.05, 0) is 30.7 Å². The Morgan fingerprint density at radius 3 is 3.06 bits per heavy atom. The van der Waals surface area contributed by atoms with Gasteiger partial charge in [-0.15, -0.1) is 0 Å². The Morgan fingerprint density at radius 2 is 2.29 bits per heavy atom. The minimum Gasteiger partial charge on any atom is -0.377 e. The Balaban J connectivity index is 2.22. The first-order chi connectivity index (χ1) is 8.33. The molecular formula is C12H15N3O2. The van der Waals surface area contributed by atoms with E-state index in [0.29, 0.717) is 24.9 Å². The molecule has 0 amide bonds. The predicted molar refractivity (Wildman–Crippen MR) is 63.2 cm³/mol. The summed E-state index contributed by atoms with van der Waals surface area (Å²) in [6.45, 7) is 0.980. The monoisotopic (exact) mass is 233 g/mol. The lowest BCUT2D eigenvalue weighted by molar-refractivity contribution is 0.174. The summed E-state index contributed by atoms with van der Waals surface area (Å²) in [4.78, 5) is 4.24. The van der Waals surface area contributed by atoms with Crippen molar-refractivity contribution in [2.75, 3.05) is 13.7 Å². The van der Waals surface area contributed by atoms with Gasteiger partial charge in [-0.3, -0.25) is 0 Å². The summed E-state index contributed by atoms with van der Waals surface area (Å²) in [5.41, 5.74) is 7.60. The summed E-state index contributed by atoms with van der Waals surface area (Å²) in [5.74, 6) is 1.06. The largest absolute Gasteiger partial charge is 0.377 e. The molecule has 0 saturated carbocycles. The van der Waals surface area contributed by atoms with E-state index in [4.69, 9.17) is 15.0 Å². The van der Waals surface area contributed by atoms with E-state index >= 15 is 0 Å². The van der Waals surface area contributed by atoms with Crippen LogP contribution in [0.1, 0.15) is 11.4 Å². The van der Waals surface area contributed by atoms with Crippen LogP contribution in [0.5, 0.6) is 0 Å². The van der Waals surface area contributed by atoms with Crippen molar-refractivity contribution in [2.45, 2.75) is 13.0 Å². The molecule has 0 atom stereocenters. The van der Waals surface area contributed by atoms with Crippen molar-refractivity contribution in [1.29, 1.82) is 0 Å². The van der Waals surface area contributed by atoms with Gasteiger partial charge >= 0.3 is 0 Å². The first-order valence-corrected chi connectivity index (χ1v) is 5.44. The van der Waals surface area contributed by atoms with E-state index in [0.717, 1.165) is 17.5 Å². The van der Waals surface area contributed by atoms with Crippen molar-refractivity contribution in [1.82, 2.24) is 10.1 Å². The van der Waals surface area contributed by atoms with Crippen molar-refractivity contribution in [3.8, 4) is 11.5 Å². The molecule has 0 spiro atoms. The number of nitrogens with zero attached hydrogens (tertiary/aromatic N) is 2. The fraction of sp³-hybridized carbons (Fsp3) is 0.333. The van der Waals surface area contributed by atoms with Crippen molar-refractivity contribution in [2.24, 2.45) is 5.73 Å². The molecule has 17 heavy (non-hydrogen) atoms. The van der Waals surface area contributed by atoms with Gasteiger partial charge in [0.05, 0.1) is 0 Å². The van der Waals surface area contributed by atoms with Crippen LogP contribution in [-0.2, 0) is 17.8 Å². The Morgan fingerprint density at radius 1 is 1.41 bits per heavy atom. The molecule has 1 heterocycles. The second kappa shape index (κ2) is 5.56. The van der Waals surface area contributed by atoms with E-state index in [9.17, 15) is 0 Å². The molecule has 0 aliphatic carbocycles. The van der Waals surface area contributed by atoms with Crippen molar-refractivity contribution >= 4 is 0 Å². The van der Waals surface area contributed by atoms with Crippen LogP contribution in [-0.4, -0.2) is 23.8 Å². The van der Waals surface area contributed by atoms with Crippen LogP contribution < -0.4 is 5.73 Å². The summed E-state index contributed by atoms with van der Waals surface area (Å²) >= 11 is 0. The highest BCUT2D eigenvalue weighted by atomic mass is 16.5. The van der Waals surface area contributed by atoms with Crippen LogP contribution >= 0.6 is 0 Å². The van der Waals surface area contributed by atoms with Crippen LogP contribution in [0.15, 0.2) is 28.8 Å². The maximum atomic E-state index is 5.53. The number of benzene rings is 1. The van der Waals surface area contributed by atoms with Crippen molar-refractivity contribution in [3.05, 3.63) is 35.7 Å². The zero-order valence-corrected chi connectivity index (χ0v) is 9.72. The number of hydrogen-bond donors (Lipinski definition) is 1. The molecule has 1 aromatic heterocycles. The molecule has 2 aromatic rings. The lowest BCUT2D eigenvalue weighted by atomic mass is 10.1. The van der Waals surface area contributed by atoms with Crippen molar-refractivity contribution in [3.63, 3.8) is 0 Å². The van der Waals surface area contributed by atoms with E-state index in [1.807, 2.05) is 24.3 Å². The summed E-state index contributed by atoms with van der Waals surface area (Å²) in [7, 11) is 1.60. The highest BCUT2D eigenvalue weighted by Crippen LogP contribution is 2.18. The zero-order valence-electron chi connectivity index (χ0n) is 9.72. The third-order valence-electron chi connectivity index (χ3n) is 2.35. The van der Waals surface area contributed by atoms with Crippen LogP contribution in [0.2, 0.25) is 0 Å². The van der Waals surface area contributed by atoms with Gasteiger partial charge in [0, 0.05) is 12.7 Å². The molecule has 5 nitrogen and oxygen atoms in total. The standard InChI is InChI=1S/C12H15N3O2/c1-16-8-11-14-12(17-15-11)10-4-2-3-9(7-10)5-6-13/h2-4,7H,5-6,8,13H2,1H3. The maximum absolute atomic E-state index is 5.53. The number of rotatable bonds is 5. The van der Waals surface area contributed by atoms with Gasteiger partial charge < -0.3 is 15.0 Å². The van der Waals surface area contributed by atoms with Crippen LogP contribution in [0.3, 0.4) is 0 Å². The third-order valence-corrected chi connectivity index (χ3v) is 2.35. The number of hydrogen-bond acceptors (Lipinski definition) is 5. The lowest BCUT2D eigenvalue weighted by Crippen LogP contribution is -2.02. The second-order valence-electron chi connectivity index (χ2n) is 3.69. The quantitative estimate of drug-likeness (QED) is 0.844. The van der Waals surface area contributed by atoms with E-state index in [-0.39, 0.29) is 0 Å². The summed E-state index contributed by atoms with van der Waals surface area (Å²) in [5, 5.41) is 3.82. The summed E-state index contributed by atoms with van der Waals surface area (Å²) in [6, 6.07) is 7.93. The lowest BCUT2D eigenvalue weighted by Gasteiger charge is -1.99. The van der Waals surface area contributed by atoms with Gasteiger partial charge in [0.25, 0.3) is 5.89 Å². The number of methoxy groups -OCH3 is 1. The van der Waals surface area contributed by atoms with Gasteiger partial charge in [-0.25, -0.2) is 0 Å². The first kappa shape index (κ1) is 11.8. The normalized spacial score (nSPS) is 10.7. The minimum absolute atomic E-state index is 0.353. The molecule has 0 fully saturated rings. The number of aromatic nitrogens is 2. The molecular weight excluding hydrogens is 218 g/mol. The molecule has 1 aromatic carbocycles. The topological polar surface area (TPSA) is 74.2 Å². The second-order valence-corrected chi connectivity index (χ2v) is 3.69. The molecule has 0 saturated heterocycles. The van der Waals surface area contributed by atoms with E-state index in [1.165, 1.54) is 0 Å². The number of nitrogens with two attached hydrogens (primary N) is 1. The Bertz CT molecular complexity index is 482. The SMILES string of the molecule is COCc1noc(-c2cccc(CCN)c2)n1. The summed E-state index contributed by atoms with van der Waals surface area (Å²) < 4.78 is 10.1. The molecule has 2 N–H and O–H groups in total. The molecule has 0 aliphatic rings. The zero-order chi connectivity index (χ0) is 12.1. The Hall–Kier alpha value is -1.72.